The van der Waals surface area contributed by atoms with E-state index in [0.717, 1.165) is 29.0 Å². The molecule has 0 aromatic heterocycles. The van der Waals surface area contributed by atoms with Crippen LogP contribution in [0.1, 0.15) is 24.4 Å². The number of para-hydroxylation sites is 1. The number of rotatable bonds is 5. The molecule has 1 unspecified atom stereocenters. The third-order valence-electron chi connectivity index (χ3n) is 4.68. The summed E-state index contributed by atoms with van der Waals surface area (Å²) >= 11 is 1.53. The molecule has 4 nitrogen and oxygen atoms in total. The minimum atomic E-state index is -0.101. The first-order valence-corrected chi connectivity index (χ1v) is 9.57. The second-order valence-electron chi connectivity index (χ2n) is 6.53. The lowest BCUT2D eigenvalue weighted by Gasteiger charge is -2.29. The van der Waals surface area contributed by atoms with Gasteiger partial charge in [-0.25, -0.2) is 0 Å². The Labute approximate surface area is 151 Å². The molecule has 2 amide bonds. The number of fused-ring (bicyclic) bond motifs is 1. The van der Waals surface area contributed by atoms with Crippen LogP contribution >= 0.6 is 11.8 Å². The van der Waals surface area contributed by atoms with Gasteiger partial charge in [-0.05, 0) is 36.5 Å². The van der Waals surface area contributed by atoms with Crippen molar-refractivity contribution in [3.8, 4) is 0 Å². The van der Waals surface area contributed by atoms with Gasteiger partial charge in [0.2, 0.25) is 11.8 Å². The Morgan fingerprint density at radius 1 is 1.12 bits per heavy atom. The molecule has 5 heteroatoms. The summed E-state index contributed by atoms with van der Waals surface area (Å²) in [6.07, 6.45) is 2.28. The standard InChI is InChI=1S/C20H20N2O2S/c23-18(21-20(15-10-11-15)14-6-2-1-3-7-14)12-22-16-8-4-5-9-17(16)25-13-19(22)24/h1-9,15,20H,10-13H2,(H,21,23). The summed E-state index contributed by atoms with van der Waals surface area (Å²) in [6.45, 7) is 0.0759. The number of carbonyl (C=O) groups is 2. The lowest BCUT2D eigenvalue weighted by molar-refractivity contribution is -0.123. The highest BCUT2D eigenvalue weighted by Crippen LogP contribution is 2.41. The minimum absolute atomic E-state index is 0.0125. The summed E-state index contributed by atoms with van der Waals surface area (Å²) in [5, 5.41) is 3.15. The highest BCUT2D eigenvalue weighted by molar-refractivity contribution is 8.00. The fourth-order valence-corrected chi connectivity index (χ4v) is 4.19. The molecule has 1 N–H and O–H groups in total. The van der Waals surface area contributed by atoms with Crippen LogP contribution in [0.15, 0.2) is 59.5 Å². The second kappa shape index (κ2) is 6.92. The van der Waals surface area contributed by atoms with Crippen molar-refractivity contribution in [2.24, 2.45) is 5.92 Å². The molecule has 1 atom stereocenters. The smallest absolute Gasteiger partial charge is 0.240 e. The number of nitrogens with one attached hydrogen (secondary N) is 1. The van der Waals surface area contributed by atoms with Gasteiger partial charge in [-0.3, -0.25) is 9.59 Å². The Morgan fingerprint density at radius 3 is 2.60 bits per heavy atom. The van der Waals surface area contributed by atoms with Crippen LogP contribution in [0.25, 0.3) is 0 Å². The largest absolute Gasteiger partial charge is 0.347 e. The quantitative estimate of drug-likeness (QED) is 0.897. The third kappa shape index (κ3) is 3.56. The van der Waals surface area contributed by atoms with Crippen LogP contribution in [0.3, 0.4) is 0 Å². The number of anilines is 1. The van der Waals surface area contributed by atoms with E-state index in [0.29, 0.717) is 11.7 Å². The van der Waals surface area contributed by atoms with Crippen molar-refractivity contribution in [1.82, 2.24) is 5.32 Å². The monoisotopic (exact) mass is 352 g/mol. The molecule has 128 valence electrons. The summed E-state index contributed by atoms with van der Waals surface area (Å²) in [4.78, 5) is 27.7. The average Bonchev–Trinajstić information content (AvgIpc) is 3.48. The first-order chi connectivity index (χ1) is 12.2. The van der Waals surface area contributed by atoms with Crippen LogP contribution in [0.4, 0.5) is 5.69 Å². The fourth-order valence-electron chi connectivity index (χ4n) is 3.25. The Bertz CT molecular complexity index is 789. The molecule has 2 aliphatic rings. The Morgan fingerprint density at radius 2 is 1.84 bits per heavy atom. The zero-order valence-corrected chi connectivity index (χ0v) is 14.7. The van der Waals surface area contributed by atoms with Crippen molar-refractivity contribution in [3.63, 3.8) is 0 Å². The molecule has 1 aliphatic heterocycles. The third-order valence-corrected chi connectivity index (χ3v) is 5.73. The Kier molecular flexibility index (Phi) is 4.49. The summed E-state index contributed by atoms with van der Waals surface area (Å²) in [7, 11) is 0. The summed E-state index contributed by atoms with van der Waals surface area (Å²) in [5.74, 6) is 0.776. The number of hydrogen-bond donors (Lipinski definition) is 1. The molecule has 1 fully saturated rings. The Hall–Kier alpha value is -2.27. The van der Waals surface area contributed by atoms with Gasteiger partial charge in [0.05, 0.1) is 17.5 Å². The number of benzene rings is 2. The average molecular weight is 352 g/mol. The lowest BCUT2D eigenvalue weighted by Crippen LogP contribution is -2.44. The number of amides is 2. The van der Waals surface area contributed by atoms with E-state index in [-0.39, 0.29) is 24.4 Å². The van der Waals surface area contributed by atoms with E-state index < -0.39 is 0 Å². The summed E-state index contributed by atoms with van der Waals surface area (Å²) in [6, 6.07) is 17.9. The van der Waals surface area contributed by atoms with Crippen molar-refractivity contribution in [3.05, 3.63) is 60.2 Å². The highest BCUT2D eigenvalue weighted by Gasteiger charge is 2.34. The Balaban J connectivity index is 1.49. The molecule has 1 saturated carbocycles. The molecule has 0 saturated heterocycles. The van der Waals surface area contributed by atoms with Gasteiger partial charge < -0.3 is 10.2 Å². The maximum Gasteiger partial charge on any atom is 0.240 e. The topological polar surface area (TPSA) is 49.4 Å². The second-order valence-corrected chi connectivity index (χ2v) is 7.55. The molecular weight excluding hydrogens is 332 g/mol. The van der Waals surface area contributed by atoms with E-state index in [9.17, 15) is 9.59 Å². The van der Waals surface area contributed by atoms with Gasteiger partial charge in [0.1, 0.15) is 6.54 Å². The first kappa shape index (κ1) is 16.2. The van der Waals surface area contributed by atoms with E-state index in [1.54, 1.807) is 4.90 Å². The van der Waals surface area contributed by atoms with Crippen molar-refractivity contribution >= 4 is 29.3 Å². The fraction of sp³-hybridized carbons (Fsp3) is 0.300. The van der Waals surface area contributed by atoms with Crippen LogP contribution < -0.4 is 10.2 Å². The molecule has 2 aromatic carbocycles. The molecular formula is C20H20N2O2S. The SMILES string of the molecule is O=C(CN1C(=O)CSc2ccccc21)NC(c1ccccc1)C1CC1. The normalized spacial score (nSPS) is 17.8. The maximum atomic E-state index is 12.7. The molecule has 1 aliphatic carbocycles. The van der Waals surface area contributed by atoms with Crippen LogP contribution in [-0.2, 0) is 9.59 Å². The zero-order chi connectivity index (χ0) is 17.2. The van der Waals surface area contributed by atoms with Crippen LogP contribution in [-0.4, -0.2) is 24.1 Å². The van der Waals surface area contributed by atoms with E-state index in [1.807, 2.05) is 42.5 Å². The number of hydrogen-bond acceptors (Lipinski definition) is 3. The van der Waals surface area contributed by atoms with Crippen LogP contribution in [0.5, 0.6) is 0 Å². The first-order valence-electron chi connectivity index (χ1n) is 8.59. The lowest BCUT2D eigenvalue weighted by atomic mass is 10.0. The van der Waals surface area contributed by atoms with Crippen molar-refractivity contribution in [1.29, 1.82) is 0 Å². The summed E-state index contributed by atoms with van der Waals surface area (Å²) < 4.78 is 0. The van der Waals surface area contributed by atoms with Gasteiger partial charge in [0.25, 0.3) is 0 Å². The molecule has 4 rings (SSSR count). The zero-order valence-electron chi connectivity index (χ0n) is 13.9. The molecule has 25 heavy (non-hydrogen) atoms. The van der Waals surface area contributed by atoms with Gasteiger partial charge in [-0.2, -0.15) is 0 Å². The predicted octanol–water partition coefficient (Wildman–Crippen LogP) is 3.39. The molecule has 1 heterocycles. The predicted molar refractivity (Wildman–Crippen MR) is 99.6 cm³/mol. The maximum absolute atomic E-state index is 12.7. The summed E-state index contributed by atoms with van der Waals surface area (Å²) in [5.41, 5.74) is 1.97. The van der Waals surface area contributed by atoms with Gasteiger partial charge in [-0.1, -0.05) is 42.5 Å². The highest BCUT2D eigenvalue weighted by atomic mass is 32.2. The van der Waals surface area contributed by atoms with E-state index in [1.165, 1.54) is 11.8 Å². The van der Waals surface area contributed by atoms with E-state index in [4.69, 9.17) is 0 Å². The van der Waals surface area contributed by atoms with Crippen molar-refractivity contribution in [2.45, 2.75) is 23.8 Å². The van der Waals surface area contributed by atoms with Gasteiger partial charge in [0, 0.05) is 4.90 Å². The van der Waals surface area contributed by atoms with E-state index >= 15 is 0 Å². The van der Waals surface area contributed by atoms with Crippen molar-refractivity contribution in [2.75, 3.05) is 17.2 Å². The molecule has 2 aromatic rings. The van der Waals surface area contributed by atoms with Crippen LogP contribution in [0, 0.1) is 5.92 Å². The minimum Gasteiger partial charge on any atom is -0.347 e. The number of nitrogens with zero attached hydrogens (tertiary/aromatic N) is 1. The molecule has 0 spiro atoms. The van der Waals surface area contributed by atoms with E-state index in [2.05, 4.69) is 17.4 Å². The van der Waals surface area contributed by atoms with Gasteiger partial charge in [0.15, 0.2) is 0 Å². The molecule has 0 radical (unpaired) electrons. The molecule has 0 bridgehead atoms. The number of thioether (sulfide) groups is 1. The van der Waals surface area contributed by atoms with Crippen LogP contribution in [0.2, 0.25) is 0 Å². The van der Waals surface area contributed by atoms with Gasteiger partial charge >= 0.3 is 0 Å². The van der Waals surface area contributed by atoms with Crippen molar-refractivity contribution < 1.29 is 9.59 Å². The number of carbonyl (C=O) groups excluding carboxylic acids is 2. The van der Waals surface area contributed by atoms with Gasteiger partial charge in [-0.15, -0.1) is 11.8 Å².